The number of nitrogens with zero attached hydrogens (tertiary/aromatic N) is 1. The van der Waals surface area contributed by atoms with Gasteiger partial charge >= 0.3 is 5.97 Å². The van der Waals surface area contributed by atoms with E-state index in [1.165, 1.54) is 0 Å². The fourth-order valence-electron chi connectivity index (χ4n) is 3.54. The summed E-state index contributed by atoms with van der Waals surface area (Å²) in [7, 11) is 0. The number of benzene rings is 2. The lowest BCUT2D eigenvalue weighted by Gasteiger charge is -2.30. The predicted octanol–water partition coefficient (Wildman–Crippen LogP) is 5.24. The van der Waals surface area contributed by atoms with Crippen LogP contribution >= 0.6 is 23.2 Å². The highest BCUT2D eigenvalue weighted by Crippen LogP contribution is 2.26. The highest BCUT2D eigenvalue weighted by atomic mass is 35.5. The minimum atomic E-state index is -0.700. The standard InChI is InChI=1S/C23H25Cl2NO3/c24-20-7-3-17(4-8-20)22(18-5-9-21(25)10-6-18)11-14-29-15-13-26-12-1-2-19(16-26)23(27)28/h3-11,19H,1-2,12-16H2,(H,27,28). The summed E-state index contributed by atoms with van der Waals surface area (Å²) in [6, 6.07) is 15.4. The van der Waals surface area contributed by atoms with E-state index >= 15 is 0 Å². The molecule has 1 saturated heterocycles. The zero-order valence-corrected chi connectivity index (χ0v) is 17.7. The van der Waals surface area contributed by atoms with Crippen LogP contribution in [-0.4, -0.2) is 48.8 Å². The van der Waals surface area contributed by atoms with Crippen molar-refractivity contribution in [1.29, 1.82) is 0 Å². The van der Waals surface area contributed by atoms with E-state index in [1.807, 2.05) is 48.5 Å². The highest BCUT2D eigenvalue weighted by Gasteiger charge is 2.24. The molecule has 1 atom stereocenters. The van der Waals surface area contributed by atoms with E-state index < -0.39 is 5.97 Å². The molecule has 0 spiro atoms. The first-order chi connectivity index (χ1) is 14.0. The Morgan fingerprint density at radius 2 is 1.66 bits per heavy atom. The van der Waals surface area contributed by atoms with E-state index in [0.29, 0.717) is 29.8 Å². The zero-order chi connectivity index (χ0) is 20.6. The second-order valence-electron chi connectivity index (χ2n) is 7.18. The number of hydrogen-bond donors (Lipinski definition) is 1. The van der Waals surface area contributed by atoms with Crippen molar-refractivity contribution >= 4 is 34.7 Å². The second-order valence-corrected chi connectivity index (χ2v) is 8.06. The van der Waals surface area contributed by atoms with Crippen LogP contribution in [0.2, 0.25) is 10.0 Å². The van der Waals surface area contributed by atoms with Gasteiger partial charge in [0.25, 0.3) is 0 Å². The molecule has 1 aliphatic heterocycles. The van der Waals surface area contributed by atoms with Crippen LogP contribution in [0.1, 0.15) is 24.0 Å². The molecule has 2 aromatic carbocycles. The van der Waals surface area contributed by atoms with Crippen LogP contribution in [0.15, 0.2) is 54.6 Å². The summed E-state index contributed by atoms with van der Waals surface area (Å²) in [5, 5.41) is 10.6. The summed E-state index contributed by atoms with van der Waals surface area (Å²) in [5.41, 5.74) is 3.17. The number of hydrogen-bond acceptors (Lipinski definition) is 3. The van der Waals surface area contributed by atoms with Gasteiger partial charge in [0.1, 0.15) is 0 Å². The smallest absolute Gasteiger partial charge is 0.307 e. The van der Waals surface area contributed by atoms with Crippen LogP contribution in [-0.2, 0) is 9.53 Å². The first kappa shape index (κ1) is 21.8. The monoisotopic (exact) mass is 433 g/mol. The quantitative estimate of drug-likeness (QED) is 0.578. The van der Waals surface area contributed by atoms with Crippen molar-refractivity contribution in [2.75, 3.05) is 32.8 Å². The fraction of sp³-hybridized carbons (Fsp3) is 0.348. The number of carboxylic acids is 1. The molecule has 0 aromatic heterocycles. The van der Waals surface area contributed by atoms with Crippen LogP contribution in [0.25, 0.3) is 5.57 Å². The normalized spacial score (nSPS) is 17.1. The van der Waals surface area contributed by atoms with Gasteiger partial charge in [-0.15, -0.1) is 0 Å². The molecule has 1 N–H and O–H groups in total. The van der Waals surface area contributed by atoms with Gasteiger partial charge in [-0.05, 0) is 60.4 Å². The van der Waals surface area contributed by atoms with Crippen LogP contribution < -0.4 is 0 Å². The van der Waals surface area contributed by atoms with Gasteiger partial charge in [0.2, 0.25) is 0 Å². The van der Waals surface area contributed by atoms with Crippen LogP contribution in [0.4, 0.5) is 0 Å². The average Bonchev–Trinajstić information content (AvgIpc) is 2.73. The number of ether oxygens (including phenoxy) is 1. The third kappa shape index (κ3) is 6.58. The Kier molecular flexibility index (Phi) is 8.13. The number of rotatable bonds is 8. The van der Waals surface area contributed by atoms with Crippen LogP contribution in [0.5, 0.6) is 0 Å². The lowest BCUT2D eigenvalue weighted by molar-refractivity contribution is -0.143. The third-order valence-electron chi connectivity index (χ3n) is 5.12. The number of aliphatic carboxylic acids is 1. The van der Waals surface area contributed by atoms with Crippen molar-refractivity contribution in [3.8, 4) is 0 Å². The van der Waals surface area contributed by atoms with Gasteiger partial charge in [-0.3, -0.25) is 4.79 Å². The van der Waals surface area contributed by atoms with Gasteiger partial charge in [0.15, 0.2) is 0 Å². The maximum absolute atomic E-state index is 11.2. The Morgan fingerprint density at radius 3 is 2.21 bits per heavy atom. The zero-order valence-electron chi connectivity index (χ0n) is 16.2. The number of likely N-dealkylation sites (tertiary alicyclic amines) is 1. The Morgan fingerprint density at radius 1 is 1.07 bits per heavy atom. The van der Waals surface area contributed by atoms with Gasteiger partial charge in [-0.1, -0.05) is 53.5 Å². The molecule has 154 valence electrons. The molecule has 0 amide bonds. The second kappa shape index (κ2) is 10.8. The van der Waals surface area contributed by atoms with Crippen molar-refractivity contribution < 1.29 is 14.6 Å². The van der Waals surface area contributed by atoms with E-state index in [9.17, 15) is 9.90 Å². The van der Waals surface area contributed by atoms with E-state index in [0.717, 1.165) is 42.6 Å². The summed E-state index contributed by atoms with van der Waals surface area (Å²) < 4.78 is 5.84. The molecular formula is C23H25Cl2NO3. The largest absolute Gasteiger partial charge is 0.481 e. The molecule has 0 radical (unpaired) electrons. The topological polar surface area (TPSA) is 49.8 Å². The summed E-state index contributed by atoms with van der Waals surface area (Å²) in [4.78, 5) is 13.4. The summed E-state index contributed by atoms with van der Waals surface area (Å²) in [5.74, 6) is -0.959. The van der Waals surface area contributed by atoms with E-state index in [4.69, 9.17) is 27.9 Å². The summed E-state index contributed by atoms with van der Waals surface area (Å²) in [6.45, 7) is 3.32. The van der Waals surface area contributed by atoms with Gasteiger partial charge in [-0.25, -0.2) is 0 Å². The lowest BCUT2D eigenvalue weighted by atomic mass is 9.98. The molecular weight excluding hydrogens is 409 g/mol. The number of halogens is 2. The first-order valence-electron chi connectivity index (χ1n) is 9.78. The first-order valence-corrected chi connectivity index (χ1v) is 10.5. The van der Waals surface area contributed by atoms with Crippen molar-refractivity contribution in [1.82, 2.24) is 4.90 Å². The molecule has 4 nitrogen and oxygen atoms in total. The molecule has 2 aromatic rings. The third-order valence-corrected chi connectivity index (χ3v) is 5.63. The van der Waals surface area contributed by atoms with E-state index in [-0.39, 0.29) is 5.92 Å². The predicted molar refractivity (Wildman–Crippen MR) is 118 cm³/mol. The van der Waals surface area contributed by atoms with Gasteiger partial charge in [0.05, 0.1) is 19.1 Å². The highest BCUT2D eigenvalue weighted by molar-refractivity contribution is 6.31. The number of piperidine rings is 1. The lowest BCUT2D eigenvalue weighted by Crippen LogP contribution is -2.40. The van der Waals surface area contributed by atoms with Crippen molar-refractivity contribution in [3.63, 3.8) is 0 Å². The van der Waals surface area contributed by atoms with E-state index in [1.54, 1.807) is 0 Å². The molecule has 3 rings (SSSR count). The van der Waals surface area contributed by atoms with Crippen molar-refractivity contribution in [2.24, 2.45) is 5.92 Å². The van der Waals surface area contributed by atoms with Crippen molar-refractivity contribution in [2.45, 2.75) is 12.8 Å². The van der Waals surface area contributed by atoms with Gasteiger partial charge in [0, 0.05) is 23.1 Å². The minimum absolute atomic E-state index is 0.259. The Bertz CT molecular complexity index is 787. The Labute approximate surface area is 181 Å². The van der Waals surface area contributed by atoms with Crippen molar-refractivity contribution in [3.05, 3.63) is 75.8 Å². The molecule has 1 unspecified atom stereocenters. The Balaban J connectivity index is 1.59. The molecule has 0 saturated carbocycles. The summed E-state index contributed by atoms with van der Waals surface area (Å²) in [6.07, 6.45) is 3.75. The molecule has 1 heterocycles. The van der Waals surface area contributed by atoms with E-state index in [2.05, 4.69) is 11.0 Å². The number of carbonyl (C=O) groups is 1. The molecule has 1 aliphatic rings. The molecule has 0 aliphatic carbocycles. The fourth-order valence-corrected chi connectivity index (χ4v) is 3.79. The molecule has 0 bridgehead atoms. The number of carboxylic acid groups (broad SMARTS) is 1. The maximum Gasteiger partial charge on any atom is 0.307 e. The maximum atomic E-state index is 11.2. The van der Waals surface area contributed by atoms with Gasteiger partial charge < -0.3 is 14.7 Å². The SMILES string of the molecule is O=C(O)C1CCCN(CCOCC=C(c2ccc(Cl)cc2)c2ccc(Cl)cc2)C1. The molecule has 29 heavy (non-hydrogen) atoms. The minimum Gasteiger partial charge on any atom is -0.481 e. The molecule has 6 heteroatoms. The van der Waals surface area contributed by atoms with Crippen LogP contribution in [0.3, 0.4) is 0 Å². The van der Waals surface area contributed by atoms with Crippen LogP contribution in [0, 0.1) is 5.92 Å². The summed E-state index contributed by atoms with van der Waals surface area (Å²) >= 11 is 12.1. The van der Waals surface area contributed by atoms with Gasteiger partial charge in [-0.2, -0.15) is 0 Å². The molecule has 1 fully saturated rings. The average molecular weight is 434 g/mol. The Hall–Kier alpha value is -1.85.